The number of amides is 1. The predicted molar refractivity (Wildman–Crippen MR) is 89.0 cm³/mol. The van der Waals surface area contributed by atoms with Gasteiger partial charge in [-0.2, -0.15) is 0 Å². The lowest BCUT2D eigenvalue weighted by molar-refractivity contribution is -0.121. The van der Waals surface area contributed by atoms with E-state index in [4.69, 9.17) is 0 Å². The van der Waals surface area contributed by atoms with Crippen LogP contribution in [0.25, 0.3) is 10.9 Å². The van der Waals surface area contributed by atoms with Crippen LogP contribution >= 0.6 is 0 Å². The number of nitrogens with zero attached hydrogens (tertiary/aromatic N) is 2. The van der Waals surface area contributed by atoms with Crippen LogP contribution < -0.4 is 10.9 Å². The third kappa shape index (κ3) is 3.32. The molecule has 0 spiro atoms. The molecule has 122 valence electrons. The van der Waals surface area contributed by atoms with Crippen LogP contribution in [0.3, 0.4) is 0 Å². The topological polar surface area (TPSA) is 64.0 Å². The second-order valence-corrected chi connectivity index (χ2v) is 5.54. The second-order valence-electron chi connectivity index (χ2n) is 5.54. The number of benzene rings is 2. The summed E-state index contributed by atoms with van der Waals surface area (Å²) < 4.78 is 14.4. The van der Waals surface area contributed by atoms with E-state index in [-0.39, 0.29) is 28.9 Å². The lowest BCUT2D eigenvalue weighted by atomic mass is 10.1. The van der Waals surface area contributed by atoms with Crippen molar-refractivity contribution in [1.29, 1.82) is 0 Å². The fourth-order valence-corrected chi connectivity index (χ4v) is 2.46. The van der Waals surface area contributed by atoms with Gasteiger partial charge >= 0.3 is 0 Å². The lowest BCUT2D eigenvalue weighted by Gasteiger charge is -2.09. The zero-order valence-electron chi connectivity index (χ0n) is 13.1. The Morgan fingerprint density at radius 2 is 2.04 bits per heavy atom. The number of carbonyl (C=O) groups is 1. The standard InChI is InChI=1S/C18H16FN3O2/c1-12-4-2-3-5-13(12)9-20-17(23)10-22-11-21-16-8-14(19)6-7-15(16)18(22)24/h2-8,11H,9-10H2,1H3,(H,20,23). The number of hydrogen-bond acceptors (Lipinski definition) is 3. The molecule has 1 amide bonds. The van der Waals surface area contributed by atoms with E-state index in [1.165, 1.54) is 29.1 Å². The molecule has 0 fully saturated rings. The third-order valence-electron chi connectivity index (χ3n) is 3.84. The number of carbonyl (C=O) groups excluding carboxylic acids is 1. The molecule has 0 radical (unpaired) electrons. The van der Waals surface area contributed by atoms with Gasteiger partial charge in [0.1, 0.15) is 12.4 Å². The van der Waals surface area contributed by atoms with E-state index >= 15 is 0 Å². The van der Waals surface area contributed by atoms with Crippen LogP contribution in [-0.2, 0) is 17.9 Å². The van der Waals surface area contributed by atoms with Crippen molar-refractivity contribution < 1.29 is 9.18 Å². The Morgan fingerprint density at radius 3 is 2.83 bits per heavy atom. The van der Waals surface area contributed by atoms with Gasteiger partial charge in [-0.25, -0.2) is 9.37 Å². The van der Waals surface area contributed by atoms with E-state index in [0.29, 0.717) is 6.54 Å². The Kier molecular flexibility index (Phi) is 4.37. The maximum atomic E-state index is 13.2. The molecule has 0 aliphatic heterocycles. The zero-order chi connectivity index (χ0) is 17.1. The smallest absolute Gasteiger partial charge is 0.261 e. The lowest BCUT2D eigenvalue weighted by Crippen LogP contribution is -2.32. The quantitative estimate of drug-likeness (QED) is 0.799. The van der Waals surface area contributed by atoms with Crippen molar-refractivity contribution in [3.05, 3.63) is 76.1 Å². The molecule has 1 heterocycles. The average molecular weight is 325 g/mol. The molecule has 6 heteroatoms. The summed E-state index contributed by atoms with van der Waals surface area (Å²) in [5.41, 5.74) is 2.01. The van der Waals surface area contributed by atoms with Gasteiger partial charge in [-0.15, -0.1) is 0 Å². The second kappa shape index (κ2) is 6.62. The molecule has 0 atom stereocenters. The highest BCUT2D eigenvalue weighted by Gasteiger charge is 2.09. The molecule has 0 bridgehead atoms. The maximum absolute atomic E-state index is 13.2. The number of aromatic nitrogens is 2. The molecule has 0 saturated heterocycles. The monoisotopic (exact) mass is 325 g/mol. The molecule has 5 nitrogen and oxygen atoms in total. The van der Waals surface area contributed by atoms with Crippen LogP contribution in [0, 0.1) is 12.7 Å². The number of hydrogen-bond donors (Lipinski definition) is 1. The molecule has 2 aromatic carbocycles. The highest BCUT2D eigenvalue weighted by Crippen LogP contribution is 2.09. The number of nitrogens with one attached hydrogen (secondary N) is 1. The minimum absolute atomic E-state index is 0.134. The predicted octanol–water partition coefficient (Wildman–Crippen LogP) is 2.16. The first kappa shape index (κ1) is 15.9. The highest BCUT2D eigenvalue weighted by molar-refractivity contribution is 5.79. The Balaban J connectivity index is 1.74. The Hall–Kier alpha value is -3.02. The van der Waals surface area contributed by atoms with E-state index in [1.807, 2.05) is 31.2 Å². The summed E-state index contributed by atoms with van der Waals surface area (Å²) in [6.45, 7) is 2.23. The first-order valence-corrected chi connectivity index (χ1v) is 7.50. The van der Waals surface area contributed by atoms with Crippen LogP contribution in [-0.4, -0.2) is 15.5 Å². The van der Waals surface area contributed by atoms with E-state index in [0.717, 1.165) is 11.1 Å². The fraction of sp³-hybridized carbons (Fsp3) is 0.167. The van der Waals surface area contributed by atoms with Gasteiger partial charge in [-0.1, -0.05) is 24.3 Å². The summed E-state index contributed by atoms with van der Waals surface area (Å²) in [4.78, 5) is 28.4. The van der Waals surface area contributed by atoms with Gasteiger partial charge in [0, 0.05) is 12.6 Å². The largest absolute Gasteiger partial charge is 0.350 e. The van der Waals surface area contributed by atoms with Gasteiger partial charge in [0.2, 0.25) is 5.91 Å². The summed E-state index contributed by atoms with van der Waals surface area (Å²) >= 11 is 0. The summed E-state index contributed by atoms with van der Waals surface area (Å²) in [7, 11) is 0. The third-order valence-corrected chi connectivity index (χ3v) is 3.84. The van der Waals surface area contributed by atoms with Crippen molar-refractivity contribution in [3.63, 3.8) is 0 Å². The minimum Gasteiger partial charge on any atom is -0.350 e. The van der Waals surface area contributed by atoms with Crippen molar-refractivity contribution in [2.24, 2.45) is 0 Å². The fourth-order valence-electron chi connectivity index (χ4n) is 2.46. The van der Waals surface area contributed by atoms with Gasteiger partial charge < -0.3 is 5.32 Å². The van der Waals surface area contributed by atoms with Crippen molar-refractivity contribution >= 4 is 16.8 Å². The van der Waals surface area contributed by atoms with Crippen LogP contribution in [0.2, 0.25) is 0 Å². The molecule has 1 N–H and O–H groups in total. The molecule has 0 aliphatic rings. The van der Waals surface area contributed by atoms with Crippen LogP contribution in [0.5, 0.6) is 0 Å². The normalized spacial score (nSPS) is 10.8. The molecule has 0 unspecified atom stereocenters. The molecule has 3 rings (SSSR count). The van der Waals surface area contributed by atoms with Gasteiger partial charge in [-0.05, 0) is 30.2 Å². The molecular formula is C18H16FN3O2. The summed E-state index contributed by atoms with van der Waals surface area (Å²) in [6.07, 6.45) is 1.26. The molecule has 0 saturated carbocycles. The summed E-state index contributed by atoms with van der Waals surface area (Å²) in [6, 6.07) is 11.5. The Bertz CT molecular complexity index is 966. The molecule has 0 aliphatic carbocycles. The molecule has 3 aromatic rings. The Labute approximate surface area is 137 Å². The first-order chi connectivity index (χ1) is 11.5. The zero-order valence-corrected chi connectivity index (χ0v) is 13.1. The first-order valence-electron chi connectivity index (χ1n) is 7.50. The van der Waals surface area contributed by atoms with Gasteiger partial charge in [0.05, 0.1) is 17.2 Å². The van der Waals surface area contributed by atoms with E-state index < -0.39 is 5.82 Å². The van der Waals surface area contributed by atoms with Gasteiger partial charge in [-0.3, -0.25) is 14.2 Å². The number of halogens is 1. The van der Waals surface area contributed by atoms with E-state index in [1.54, 1.807) is 0 Å². The van der Waals surface area contributed by atoms with Crippen molar-refractivity contribution in [2.75, 3.05) is 0 Å². The summed E-state index contributed by atoms with van der Waals surface area (Å²) in [5, 5.41) is 3.07. The van der Waals surface area contributed by atoms with Crippen molar-refractivity contribution in [2.45, 2.75) is 20.0 Å². The van der Waals surface area contributed by atoms with E-state index in [9.17, 15) is 14.0 Å². The molecular weight excluding hydrogens is 309 g/mol. The van der Waals surface area contributed by atoms with Gasteiger partial charge in [0.25, 0.3) is 5.56 Å². The van der Waals surface area contributed by atoms with Crippen molar-refractivity contribution in [3.8, 4) is 0 Å². The maximum Gasteiger partial charge on any atom is 0.261 e. The van der Waals surface area contributed by atoms with E-state index in [2.05, 4.69) is 10.3 Å². The summed E-state index contributed by atoms with van der Waals surface area (Å²) in [5.74, 6) is -0.744. The average Bonchev–Trinajstić information content (AvgIpc) is 2.56. The minimum atomic E-state index is -0.455. The van der Waals surface area contributed by atoms with Crippen molar-refractivity contribution in [1.82, 2.24) is 14.9 Å². The SMILES string of the molecule is Cc1ccccc1CNC(=O)Cn1cnc2cc(F)ccc2c1=O. The van der Waals surface area contributed by atoms with Crippen LogP contribution in [0.15, 0.2) is 53.6 Å². The van der Waals surface area contributed by atoms with Gasteiger partial charge in [0.15, 0.2) is 0 Å². The highest BCUT2D eigenvalue weighted by atomic mass is 19.1. The molecule has 24 heavy (non-hydrogen) atoms. The van der Waals surface area contributed by atoms with Crippen LogP contribution in [0.1, 0.15) is 11.1 Å². The number of aryl methyl sites for hydroxylation is 1. The number of fused-ring (bicyclic) bond motifs is 1. The molecule has 1 aromatic heterocycles. The number of rotatable bonds is 4. The van der Waals surface area contributed by atoms with Crippen LogP contribution in [0.4, 0.5) is 4.39 Å². The Morgan fingerprint density at radius 1 is 1.25 bits per heavy atom.